The van der Waals surface area contributed by atoms with E-state index in [0.717, 1.165) is 28.5 Å². The van der Waals surface area contributed by atoms with Gasteiger partial charge in [0.1, 0.15) is 66.5 Å². The number of likely N-dealkylation sites (tertiary alicyclic amines) is 2. The van der Waals surface area contributed by atoms with E-state index >= 15 is 14.4 Å². The molecule has 7 rings (SSSR count). The van der Waals surface area contributed by atoms with Crippen molar-refractivity contribution in [2.75, 3.05) is 44.2 Å². The highest BCUT2D eigenvalue weighted by Crippen LogP contribution is 2.30. The van der Waals surface area contributed by atoms with Crippen LogP contribution in [0.15, 0.2) is 65.8 Å². The molecule has 19 N–H and O–H groups in total. The first kappa shape index (κ1) is 76.9. The Morgan fingerprint density at radius 2 is 1.27 bits per heavy atom. The fraction of sp³-hybridized carbons (Fsp3) is 0.547. The van der Waals surface area contributed by atoms with Crippen LogP contribution in [0.5, 0.6) is 0 Å². The Bertz CT molecular complexity index is 3470. The summed E-state index contributed by atoms with van der Waals surface area (Å²) in [6, 6.07) is 0.311. The molecule has 11 atom stereocenters. The average Bonchev–Trinajstić information content (AvgIpc) is 1.70. The van der Waals surface area contributed by atoms with Crippen molar-refractivity contribution in [3.63, 3.8) is 0 Å². The van der Waals surface area contributed by atoms with Crippen LogP contribution < -0.4 is 65.5 Å². The Hall–Kier alpha value is -9.51. The summed E-state index contributed by atoms with van der Waals surface area (Å²) >= 11 is 0. The number of aromatic amines is 1. The van der Waals surface area contributed by atoms with Gasteiger partial charge in [0.2, 0.25) is 70.9 Å². The molecular weight excluding hydrogens is 1330 g/mol. The fourth-order valence-electron chi connectivity index (χ4n) is 12.5. The molecule has 3 aromatic rings. The molecule has 4 aliphatic heterocycles. The molecule has 538 valence electrons. The number of aromatic nitrogens is 1. The number of primary amides is 1. The van der Waals surface area contributed by atoms with Crippen molar-refractivity contribution in [3.05, 3.63) is 71.9 Å². The number of carbonyl (C=O) groups excluding carboxylic acids is 12. The molecule has 4 aliphatic rings. The Labute approximate surface area is 578 Å². The molecule has 4 fully saturated rings. The lowest BCUT2D eigenvalue weighted by Gasteiger charge is -2.33. The summed E-state index contributed by atoms with van der Waals surface area (Å²) in [7, 11) is 1.94. The van der Waals surface area contributed by atoms with Gasteiger partial charge in [0.05, 0.1) is 6.42 Å². The monoisotopic (exact) mass is 1420 g/mol. The number of benzene rings is 2. The highest BCUT2D eigenvalue weighted by atomic mass is 33.1. The molecule has 4 saturated heterocycles. The number of amides is 12. The second kappa shape index (κ2) is 37.4. The Morgan fingerprint density at radius 3 is 1.96 bits per heavy atom. The van der Waals surface area contributed by atoms with E-state index in [1.165, 1.54) is 14.7 Å². The lowest BCUT2D eigenvalue weighted by Crippen LogP contribution is -2.61. The highest BCUT2D eigenvalue weighted by molar-refractivity contribution is 8.76. The van der Waals surface area contributed by atoms with Gasteiger partial charge in [-0.15, -0.1) is 0 Å². The molecule has 0 unspecified atom stereocenters. The van der Waals surface area contributed by atoms with Crippen LogP contribution in [-0.2, 0) is 80.0 Å². The van der Waals surface area contributed by atoms with E-state index in [9.17, 15) is 63.0 Å². The summed E-state index contributed by atoms with van der Waals surface area (Å²) in [5, 5.41) is 41.2. The van der Waals surface area contributed by atoms with Crippen LogP contribution in [-0.4, -0.2) is 229 Å². The topological polar surface area (TPSA) is 518 Å². The lowest BCUT2D eigenvalue weighted by atomic mass is 10.0. The number of hydrogen-bond acceptors (Lipinski definition) is 18. The van der Waals surface area contributed by atoms with Crippen LogP contribution in [0.25, 0.3) is 10.9 Å². The third-order valence-electron chi connectivity index (χ3n) is 17.5. The first-order valence-corrected chi connectivity index (χ1v) is 35.5. The van der Waals surface area contributed by atoms with Gasteiger partial charge >= 0.3 is 11.9 Å². The summed E-state index contributed by atoms with van der Waals surface area (Å²) in [6.07, 6.45) is 1.42. The van der Waals surface area contributed by atoms with Gasteiger partial charge in [-0.2, -0.15) is 0 Å². The van der Waals surface area contributed by atoms with E-state index in [1.807, 2.05) is 0 Å². The molecule has 0 aliphatic carbocycles. The molecule has 2 aromatic carbocycles. The largest absolute Gasteiger partial charge is 0.481 e. The van der Waals surface area contributed by atoms with E-state index in [2.05, 4.69) is 52.5 Å². The number of aliphatic carboxylic acids is 2. The Morgan fingerprint density at radius 1 is 0.646 bits per heavy atom. The number of rotatable bonds is 25. The molecule has 33 nitrogen and oxygen atoms in total. The third kappa shape index (κ3) is 22.2. The minimum absolute atomic E-state index is 0.000130. The molecule has 99 heavy (non-hydrogen) atoms. The summed E-state index contributed by atoms with van der Waals surface area (Å²) in [4.78, 5) is 207. The van der Waals surface area contributed by atoms with Gasteiger partial charge in [-0.3, -0.25) is 72.1 Å². The summed E-state index contributed by atoms with van der Waals surface area (Å²) < 4.78 is 0. The van der Waals surface area contributed by atoms with Crippen LogP contribution in [0.3, 0.4) is 0 Å². The molecule has 5 heterocycles. The zero-order valence-corrected chi connectivity index (χ0v) is 56.5. The van der Waals surface area contributed by atoms with Crippen molar-refractivity contribution in [1.82, 2.24) is 62.2 Å². The van der Waals surface area contributed by atoms with Crippen LogP contribution >= 0.6 is 21.6 Å². The minimum atomic E-state index is -1.61. The SMILES string of the molecule is CC(=O)N[C@H]1CSSC[C@@H](C(=O)N2CCC[C@H]2C(=O)N2CCC[C@H]2C(=O)N[C@@H](CCCCN)C(=O)N[C@@H](CC(=O)O)C(N)=O)NC(=O)[C@H](Cc2c[nH]c3ccccc23)NC(=O)[C@H](CCCN=C(N)N)NC(=O)[C@@H](Cc2ccccc2)NC(=O)[C@@H]2CCCN2C(=O)[C@H](CCC(=O)O)NC1=O. The first-order chi connectivity index (χ1) is 47.3. The Balaban J connectivity index is 1.25. The molecule has 0 saturated carbocycles. The van der Waals surface area contributed by atoms with Gasteiger partial charge in [-0.05, 0) is 101 Å². The number of carbonyl (C=O) groups is 14. The normalized spacial score (nSPS) is 23.6. The number of H-pyrrole nitrogens is 1. The zero-order valence-electron chi connectivity index (χ0n) is 54.9. The van der Waals surface area contributed by atoms with Crippen molar-refractivity contribution in [2.45, 2.75) is 176 Å². The molecule has 0 spiro atoms. The van der Waals surface area contributed by atoms with E-state index in [4.69, 9.17) is 22.9 Å². The summed E-state index contributed by atoms with van der Waals surface area (Å²) in [5.74, 6) is -13.5. The van der Waals surface area contributed by atoms with Gasteiger partial charge in [-0.1, -0.05) is 70.1 Å². The molecule has 0 radical (unpaired) electrons. The third-order valence-corrected chi connectivity index (χ3v) is 19.9. The maximum Gasteiger partial charge on any atom is 0.305 e. The first-order valence-electron chi connectivity index (χ1n) is 33.0. The predicted molar refractivity (Wildman–Crippen MR) is 364 cm³/mol. The standard InChI is InChI=1S/C64H89N17O16S2/c1-35(82)71-46-33-98-99-34-47(62(96)81-28-12-21-50(81)63(97)80-27-11-20-49(80)59(93)73-40(17-7-8-24-65)54(88)75-43(53(66)87)31-52(85)86)78-57(91)45(30-37-32-70-39-16-6-5-15-38(37)39)76-55(89)41(18-9-25-69-64(67)68)72-56(90)44(29-36-13-3-2-4-14-36)77-60(94)48-19-10-26-79(48)61(95)42(74-58(46)92)22-23-51(83)84/h2-6,13-16,32,40-50,70H,7-12,17-31,33-34,65H2,1H3,(H2,66,87)(H,71,82)(H,72,90)(H,73,93)(H,74,92)(H,75,88)(H,76,89)(H,77,94)(H,78,91)(H,83,84)(H,85,86)(H4,67,68,69)/t40-,41-,42-,43-,44+,45-,46-,47-,48-,49-,50-/m0/s1. The number of nitrogens with two attached hydrogens (primary N) is 4. The number of unbranched alkanes of at least 4 members (excludes halogenated alkanes) is 1. The van der Waals surface area contributed by atoms with Gasteiger partial charge in [0, 0.05) is 81.0 Å². The van der Waals surface area contributed by atoms with E-state index < -0.39 is 169 Å². The minimum Gasteiger partial charge on any atom is -0.481 e. The van der Waals surface area contributed by atoms with Crippen molar-refractivity contribution < 1.29 is 77.3 Å². The number of guanidine groups is 1. The molecule has 35 heteroatoms. The zero-order chi connectivity index (χ0) is 71.9. The molecule has 0 bridgehead atoms. The summed E-state index contributed by atoms with van der Waals surface area (Å²) in [6.45, 7) is 1.41. The van der Waals surface area contributed by atoms with Crippen molar-refractivity contribution in [3.8, 4) is 0 Å². The van der Waals surface area contributed by atoms with E-state index in [-0.39, 0.29) is 108 Å². The summed E-state index contributed by atoms with van der Waals surface area (Å²) in [5.41, 5.74) is 24.2. The number of aliphatic imine (C=N–C) groups is 1. The fourth-order valence-corrected chi connectivity index (χ4v) is 14.8. The molecule has 1 aromatic heterocycles. The van der Waals surface area contributed by atoms with Crippen molar-refractivity contribution in [1.29, 1.82) is 0 Å². The Kier molecular flexibility index (Phi) is 29.1. The maximum atomic E-state index is 15.5. The van der Waals surface area contributed by atoms with Crippen molar-refractivity contribution >= 4 is 121 Å². The second-order valence-corrected chi connectivity index (χ2v) is 27.3. The lowest BCUT2D eigenvalue weighted by molar-refractivity contribution is -0.148. The van der Waals surface area contributed by atoms with Crippen LogP contribution in [0, 0.1) is 0 Å². The smallest absolute Gasteiger partial charge is 0.305 e. The molecular formula is C64H89N17O16S2. The highest BCUT2D eigenvalue weighted by Gasteiger charge is 2.46. The van der Waals surface area contributed by atoms with Gasteiger partial charge < -0.3 is 95.4 Å². The predicted octanol–water partition coefficient (Wildman–Crippen LogP) is -2.77. The molecule has 12 amide bonds. The van der Waals surface area contributed by atoms with Crippen molar-refractivity contribution in [2.24, 2.45) is 27.9 Å². The van der Waals surface area contributed by atoms with E-state index in [1.54, 1.807) is 60.8 Å². The number of nitrogens with zero attached hydrogens (tertiary/aromatic N) is 4. The number of fused-ring (bicyclic) bond motifs is 2. The van der Waals surface area contributed by atoms with E-state index in [0.29, 0.717) is 47.7 Å². The van der Waals surface area contributed by atoms with Gasteiger partial charge in [-0.25, -0.2) is 0 Å². The quantitative estimate of drug-likeness (QED) is 0.0177. The van der Waals surface area contributed by atoms with Gasteiger partial charge in [0.15, 0.2) is 5.96 Å². The van der Waals surface area contributed by atoms with Crippen LogP contribution in [0.4, 0.5) is 0 Å². The second-order valence-electron chi connectivity index (χ2n) is 24.7. The van der Waals surface area contributed by atoms with Crippen LogP contribution in [0.2, 0.25) is 0 Å². The number of carboxylic acids is 2. The van der Waals surface area contributed by atoms with Crippen LogP contribution in [0.1, 0.15) is 108 Å². The van der Waals surface area contributed by atoms with Gasteiger partial charge in [0.25, 0.3) is 0 Å². The number of para-hydroxylation sites is 1. The number of nitrogens with one attached hydrogen (secondary N) is 9. The number of hydrogen-bond donors (Lipinski definition) is 15. The maximum absolute atomic E-state index is 15.5. The average molecular weight is 1420 g/mol. The number of carboxylic acid groups (broad SMARTS) is 2.